The number of nitrogens with zero attached hydrogens (tertiary/aromatic N) is 4. The Balaban J connectivity index is 1.57. The van der Waals surface area contributed by atoms with Crippen molar-refractivity contribution in [2.45, 2.75) is 58.4 Å². The third kappa shape index (κ3) is 3.96. The standard InChI is InChI=1S/C16H22N4O2S/c1-11-10-23-16(17-11)13-6-3-4-9-20(13)15(21)8-5-7-14-18-12(2)19-22-14/h10,13H,3-9H2,1-2H3/t13-/m1/s1. The van der Waals surface area contributed by atoms with Crippen molar-refractivity contribution >= 4 is 17.2 Å². The Kier molecular flexibility index (Phi) is 5.05. The van der Waals surface area contributed by atoms with Gasteiger partial charge >= 0.3 is 0 Å². The number of aryl methyl sites for hydroxylation is 3. The summed E-state index contributed by atoms with van der Waals surface area (Å²) in [6.07, 6.45) is 5.16. The van der Waals surface area contributed by atoms with E-state index < -0.39 is 0 Å². The van der Waals surface area contributed by atoms with E-state index in [0.717, 1.165) is 42.9 Å². The first-order chi connectivity index (χ1) is 11.1. The van der Waals surface area contributed by atoms with Gasteiger partial charge in [-0.25, -0.2) is 4.98 Å². The number of hydrogen-bond donors (Lipinski definition) is 0. The number of thiazole rings is 1. The molecule has 0 unspecified atom stereocenters. The van der Waals surface area contributed by atoms with E-state index in [2.05, 4.69) is 20.5 Å². The first-order valence-corrected chi connectivity index (χ1v) is 9.02. The van der Waals surface area contributed by atoms with Crippen LogP contribution in [0.25, 0.3) is 0 Å². The molecular weight excluding hydrogens is 312 g/mol. The van der Waals surface area contributed by atoms with Gasteiger partial charge in [-0.05, 0) is 39.5 Å². The van der Waals surface area contributed by atoms with Crippen LogP contribution < -0.4 is 0 Å². The number of rotatable bonds is 5. The average molecular weight is 334 g/mol. The molecule has 1 fully saturated rings. The first kappa shape index (κ1) is 16.1. The molecule has 0 bridgehead atoms. The summed E-state index contributed by atoms with van der Waals surface area (Å²) in [7, 11) is 0. The van der Waals surface area contributed by atoms with Crippen LogP contribution in [-0.2, 0) is 11.2 Å². The lowest BCUT2D eigenvalue weighted by molar-refractivity contribution is -0.135. The van der Waals surface area contributed by atoms with Gasteiger partial charge in [-0.3, -0.25) is 4.79 Å². The molecule has 1 saturated heterocycles. The summed E-state index contributed by atoms with van der Waals surface area (Å²) in [5.74, 6) is 1.46. The van der Waals surface area contributed by atoms with E-state index in [9.17, 15) is 4.79 Å². The van der Waals surface area contributed by atoms with E-state index in [1.807, 2.05) is 11.8 Å². The molecular formula is C16H22N4O2S. The molecule has 1 amide bonds. The monoisotopic (exact) mass is 334 g/mol. The maximum absolute atomic E-state index is 12.6. The van der Waals surface area contributed by atoms with Crippen LogP contribution >= 0.6 is 11.3 Å². The minimum absolute atomic E-state index is 0.153. The van der Waals surface area contributed by atoms with Crippen molar-refractivity contribution in [3.8, 4) is 0 Å². The zero-order valence-corrected chi connectivity index (χ0v) is 14.4. The quantitative estimate of drug-likeness (QED) is 0.839. The Morgan fingerprint density at radius 3 is 2.96 bits per heavy atom. The topological polar surface area (TPSA) is 72.1 Å². The highest BCUT2D eigenvalue weighted by atomic mass is 32.1. The smallest absolute Gasteiger partial charge is 0.226 e. The van der Waals surface area contributed by atoms with Crippen LogP contribution in [0.15, 0.2) is 9.90 Å². The molecule has 0 spiro atoms. The van der Waals surface area contributed by atoms with E-state index in [4.69, 9.17) is 4.52 Å². The highest BCUT2D eigenvalue weighted by molar-refractivity contribution is 7.09. The van der Waals surface area contributed by atoms with E-state index >= 15 is 0 Å². The molecule has 1 aliphatic rings. The molecule has 0 radical (unpaired) electrons. The van der Waals surface area contributed by atoms with E-state index in [-0.39, 0.29) is 11.9 Å². The van der Waals surface area contributed by atoms with Crippen molar-refractivity contribution in [2.75, 3.05) is 6.54 Å². The normalized spacial score (nSPS) is 18.3. The molecule has 6 nitrogen and oxygen atoms in total. The second-order valence-electron chi connectivity index (χ2n) is 6.01. The van der Waals surface area contributed by atoms with Crippen molar-refractivity contribution in [1.29, 1.82) is 0 Å². The van der Waals surface area contributed by atoms with Gasteiger partial charge in [0.1, 0.15) is 5.01 Å². The molecule has 3 rings (SSSR count). The van der Waals surface area contributed by atoms with Crippen molar-refractivity contribution in [3.05, 3.63) is 27.8 Å². The van der Waals surface area contributed by atoms with Crippen LogP contribution in [0.1, 0.15) is 60.6 Å². The molecule has 124 valence electrons. The van der Waals surface area contributed by atoms with Crippen LogP contribution in [0.5, 0.6) is 0 Å². The molecule has 0 aromatic carbocycles. The minimum Gasteiger partial charge on any atom is -0.339 e. The lowest BCUT2D eigenvalue weighted by atomic mass is 10.0. The Morgan fingerprint density at radius 2 is 2.26 bits per heavy atom. The zero-order valence-electron chi connectivity index (χ0n) is 13.6. The number of piperidine rings is 1. The van der Waals surface area contributed by atoms with Crippen LogP contribution in [-0.4, -0.2) is 32.5 Å². The maximum atomic E-state index is 12.6. The van der Waals surface area contributed by atoms with Crippen LogP contribution in [0, 0.1) is 13.8 Å². The summed E-state index contributed by atoms with van der Waals surface area (Å²) in [6, 6.07) is 0.153. The fourth-order valence-electron chi connectivity index (χ4n) is 2.99. The van der Waals surface area contributed by atoms with Crippen molar-refractivity contribution in [2.24, 2.45) is 0 Å². The third-order valence-corrected chi connectivity index (χ3v) is 5.16. The third-order valence-electron chi connectivity index (χ3n) is 4.10. The second-order valence-corrected chi connectivity index (χ2v) is 6.90. The first-order valence-electron chi connectivity index (χ1n) is 8.14. The van der Waals surface area contributed by atoms with Crippen molar-refractivity contribution < 1.29 is 9.32 Å². The van der Waals surface area contributed by atoms with Gasteiger partial charge in [-0.1, -0.05) is 5.16 Å². The van der Waals surface area contributed by atoms with Gasteiger partial charge in [0.25, 0.3) is 0 Å². The molecule has 0 N–H and O–H groups in total. The second kappa shape index (κ2) is 7.21. The number of amides is 1. The Morgan fingerprint density at radius 1 is 1.39 bits per heavy atom. The predicted molar refractivity (Wildman–Crippen MR) is 87.1 cm³/mol. The van der Waals surface area contributed by atoms with E-state index in [1.54, 1.807) is 18.3 Å². The number of aromatic nitrogens is 3. The highest BCUT2D eigenvalue weighted by Crippen LogP contribution is 2.33. The van der Waals surface area contributed by atoms with Gasteiger partial charge in [0.15, 0.2) is 5.82 Å². The lowest BCUT2D eigenvalue weighted by Crippen LogP contribution is -2.38. The molecule has 23 heavy (non-hydrogen) atoms. The summed E-state index contributed by atoms with van der Waals surface area (Å²) in [6.45, 7) is 4.63. The molecule has 2 aromatic rings. The summed E-state index contributed by atoms with van der Waals surface area (Å²) in [5.41, 5.74) is 1.04. The molecule has 1 aliphatic heterocycles. The van der Waals surface area contributed by atoms with Crippen LogP contribution in [0.2, 0.25) is 0 Å². The number of hydrogen-bond acceptors (Lipinski definition) is 6. The minimum atomic E-state index is 0.153. The largest absolute Gasteiger partial charge is 0.339 e. The molecule has 1 atom stereocenters. The summed E-state index contributed by atoms with van der Waals surface area (Å²) < 4.78 is 5.09. The maximum Gasteiger partial charge on any atom is 0.226 e. The van der Waals surface area contributed by atoms with Crippen LogP contribution in [0.4, 0.5) is 0 Å². The van der Waals surface area contributed by atoms with Gasteiger partial charge in [0, 0.05) is 30.5 Å². The molecule has 3 heterocycles. The summed E-state index contributed by atoms with van der Waals surface area (Å²) in [5, 5.41) is 6.90. The predicted octanol–water partition coefficient (Wildman–Crippen LogP) is 3.22. The van der Waals surface area contributed by atoms with Crippen LogP contribution in [0.3, 0.4) is 0 Å². The Hall–Kier alpha value is -1.76. The zero-order chi connectivity index (χ0) is 16.2. The van der Waals surface area contributed by atoms with Gasteiger partial charge < -0.3 is 9.42 Å². The molecule has 2 aromatic heterocycles. The Bertz CT molecular complexity index is 667. The molecule has 0 aliphatic carbocycles. The van der Waals surface area contributed by atoms with E-state index in [0.29, 0.717) is 24.6 Å². The average Bonchev–Trinajstić information content (AvgIpc) is 3.16. The molecule has 7 heteroatoms. The number of likely N-dealkylation sites (tertiary alicyclic amines) is 1. The van der Waals surface area contributed by atoms with E-state index in [1.165, 1.54) is 0 Å². The van der Waals surface area contributed by atoms with Gasteiger partial charge in [0.05, 0.1) is 6.04 Å². The summed E-state index contributed by atoms with van der Waals surface area (Å²) >= 11 is 1.66. The SMILES string of the molecule is Cc1csc([C@H]2CCCCN2C(=O)CCCc2nc(C)no2)n1. The lowest BCUT2D eigenvalue weighted by Gasteiger charge is -2.34. The number of carbonyl (C=O) groups is 1. The Labute approximate surface area is 139 Å². The number of carbonyl (C=O) groups excluding carboxylic acids is 1. The van der Waals surface area contributed by atoms with Gasteiger partial charge in [-0.2, -0.15) is 4.98 Å². The highest BCUT2D eigenvalue weighted by Gasteiger charge is 2.29. The van der Waals surface area contributed by atoms with Crippen molar-refractivity contribution in [3.63, 3.8) is 0 Å². The summed E-state index contributed by atoms with van der Waals surface area (Å²) in [4.78, 5) is 23.4. The van der Waals surface area contributed by atoms with Gasteiger partial charge in [0.2, 0.25) is 11.8 Å². The molecule has 0 saturated carbocycles. The fourth-order valence-corrected chi connectivity index (χ4v) is 3.93. The van der Waals surface area contributed by atoms with Crippen molar-refractivity contribution in [1.82, 2.24) is 20.0 Å². The fraction of sp³-hybridized carbons (Fsp3) is 0.625. The van der Waals surface area contributed by atoms with Gasteiger partial charge in [-0.15, -0.1) is 11.3 Å².